The van der Waals surface area contributed by atoms with E-state index in [1.54, 1.807) is 0 Å². The maximum Gasteiger partial charge on any atom is 0.223 e. The Bertz CT molecular complexity index is 341. The standard InChI is InChI=1S/C10H10Cl6O/c1-7-3-2-6(4-7)5-8(17-7,9(11,12)13)10(14,15)16/h2-3,6H,4-5H2,1H3. The van der Waals surface area contributed by atoms with Crippen LogP contribution in [0.2, 0.25) is 0 Å². The third kappa shape index (κ3) is 2.42. The number of alkyl halides is 6. The van der Waals surface area contributed by atoms with Crippen LogP contribution in [-0.4, -0.2) is 18.8 Å². The molecule has 0 saturated carbocycles. The maximum absolute atomic E-state index is 6.00. The van der Waals surface area contributed by atoms with Crippen LogP contribution in [0.4, 0.5) is 0 Å². The first kappa shape index (κ1) is 14.8. The quantitative estimate of drug-likeness (QED) is 0.426. The van der Waals surface area contributed by atoms with E-state index in [9.17, 15) is 0 Å². The number of ether oxygens (including phenoxy) is 1. The highest BCUT2D eigenvalue weighted by atomic mass is 35.6. The molecule has 0 spiro atoms. The molecule has 2 unspecified atom stereocenters. The lowest BCUT2D eigenvalue weighted by atomic mass is 9.85. The molecule has 2 aliphatic rings. The van der Waals surface area contributed by atoms with Crippen molar-refractivity contribution in [1.29, 1.82) is 0 Å². The minimum Gasteiger partial charge on any atom is -0.356 e. The predicted octanol–water partition coefficient (Wildman–Crippen LogP) is 5.22. The Morgan fingerprint density at radius 1 is 1.06 bits per heavy atom. The van der Waals surface area contributed by atoms with E-state index in [1.165, 1.54) is 0 Å². The summed E-state index contributed by atoms with van der Waals surface area (Å²) in [6.07, 6.45) is 5.14. The highest BCUT2D eigenvalue weighted by Gasteiger charge is 2.67. The summed E-state index contributed by atoms with van der Waals surface area (Å²) in [5.41, 5.74) is -1.99. The molecule has 0 amide bonds. The van der Waals surface area contributed by atoms with Crippen LogP contribution in [-0.2, 0) is 4.74 Å². The normalized spacial score (nSPS) is 36.3. The fraction of sp³-hybridized carbons (Fsp3) is 0.800. The van der Waals surface area contributed by atoms with Gasteiger partial charge in [0.15, 0.2) is 5.60 Å². The SMILES string of the molecule is CC12C=CC(C1)CC(C(Cl)(Cl)Cl)(C(Cl)(Cl)Cl)O2. The van der Waals surface area contributed by atoms with Gasteiger partial charge in [0, 0.05) is 0 Å². The third-order valence-corrected chi connectivity index (χ3v) is 5.09. The van der Waals surface area contributed by atoms with Gasteiger partial charge in [0.1, 0.15) is 0 Å². The molecule has 1 fully saturated rings. The van der Waals surface area contributed by atoms with Crippen LogP contribution < -0.4 is 0 Å². The summed E-state index contributed by atoms with van der Waals surface area (Å²) in [4.78, 5) is 0. The molecule has 98 valence electrons. The van der Waals surface area contributed by atoms with E-state index in [2.05, 4.69) is 0 Å². The first-order valence-electron chi connectivity index (χ1n) is 5.02. The average Bonchev–Trinajstić information content (AvgIpc) is 2.36. The van der Waals surface area contributed by atoms with E-state index in [-0.39, 0.29) is 5.92 Å². The number of hydrogen-bond donors (Lipinski definition) is 0. The summed E-state index contributed by atoms with van der Waals surface area (Å²) in [7, 11) is 0. The molecule has 0 N–H and O–H groups in total. The van der Waals surface area contributed by atoms with Gasteiger partial charge in [-0.2, -0.15) is 0 Å². The lowest BCUT2D eigenvalue weighted by molar-refractivity contribution is -0.158. The van der Waals surface area contributed by atoms with Gasteiger partial charge in [-0.05, 0) is 25.7 Å². The van der Waals surface area contributed by atoms with Gasteiger partial charge in [0.2, 0.25) is 7.59 Å². The van der Waals surface area contributed by atoms with E-state index in [1.807, 2.05) is 19.1 Å². The van der Waals surface area contributed by atoms with Crippen molar-refractivity contribution in [2.24, 2.45) is 5.92 Å². The summed E-state index contributed by atoms with van der Waals surface area (Å²) < 4.78 is 2.27. The van der Waals surface area contributed by atoms with Gasteiger partial charge >= 0.3 is 0 Å². The van der Waals surface area contributed by atoms with Crippen molar-refractivity contribution in [3.8, 4) is 0 Å². The lowest BCUT2D eigenvalue weighted by Crippen LogP contribution is -2.62. The Morgan fingerprint density at radius 2 is 1.59 bits per heavy atom. The van der Waals surface area contributed by atoms with E-state index >= 15 is 0 Å². The predicted molar refractivity (Wildman–Crippen MR) is 74.7 cm³/mol. The van der Waals surface area contributed by atoms with Gasteiger partial charge in [-0.15, -0.1) is 0 Å². The first-order valence-corrected chi connectivity index (χ1v) is 7.29. The van der Waals surface area contributed by atoms with Crippen LogP contribution in [0, 0.1) is 5.92 Å². The van der Waals surface area contributed by atoms with Crippen molar-refractivity contribution < 1.29 is 4.74 Å². The summed E-state index contributed by atoms with van der Waals surface area (Å²) in [6.45, 7) is 1.89. The lowest BCUT2D eigenvalue weighted by Gasteiger charge is -2.51. The summed E-state index contributed by atoms with van der Waals surface area (Å²) in [5, 5.41) is 0. The minimum atomic E-state index is -1.82. The van der Waals surface area contributed by atoms with E-state index in [4.69, 9.17) is 74.3 Å². The fourth-order valence-corrected chi connectivity index (χ4v) is 4.51. The number of allylic oxidation sites excluding steroid dienone is 1. The molecule has 1 aliphatic heterocycles. The molecule has 0 aromatic heterocycles. The van der Waals surface area contributed by atoms with Crippen molar-refractivity contribution in [1.82, 2.24) is 0 Å². The van der Waals surface area contributed by atoms with Gasteiger partial charge in [-0.3, -0.25) is 0 Å². The van der Waals surface area contributed by atoms with Crippen molar-refractivity contribution in [2.75, 3.05) is 0 Å². The second-order valence-electron chi connectivity index (χ2n) is 4.76. The third-order valence-electron chi connectivity index (χ3n) is 3.26. The van der Waals surface area contributed by atoms with Gasteiger partial charge < -0.3 is 4.74 Å². The second-order valence-corrected chi connectivity index (χ2v) is 9.33. The molecular weight excluding hydrogens is 349 g/mol. The van der Waals surface area contributed by atoms with E-state index < -0.39 is 18.8 Å². The van der Waals surface area contributed by atoms with Crippen LogP contribution in [0.15, 0.2) is 12.2 Å². The van der Waals surface area contributed by atoms with Crippen molar-refractivity contribution in [3.63, 3.8) is 0 Å². The summed E-state index contributed by atoms with van der Waals surface area (Å²) >= 11 is 36.0. The molecule has 2 atom stereocenters. The van der Waals surface area contributed by atoms with Crippen LogP contribution in [0.5, 0.6) is 0 Å². The number of fused-ring (bicyclic) bond motifs is 2. The molecule has 0 aromatic rings. The smallest absolute Gasteiger partial charge is 0.223 e. The molecule has 2 rings (SSSR count). The summed E-state index contributed by atoms with van der Waals surface area (Å²) in [6, 6.07) is 0. The largest absolute Gasteiger partial charge is 0.356 e. The highest BCUT2D eigenvalue weighted by molar-refractivity contribution is 6.73. The topological polar surface area (TPSA) is 9.23 Å². The van der Waals surface area contributed by atoms with E-state index in [0.29, 0.717) is 6.42 Å². The zero-order valence-corrected chi connectivity index (χ0v) is 13.4. The minimum absolute atomic E-state index is 0.194. The van der Waals surface area contributed by atoms with Crippen molar-refractivity contribution in [3.05, 3.63) is 12.2 Å². The molecule has 0 radical (unpaired) electrons. The summed E-state index contributed by atoms with van der Waals surface area (Å²) in [5.74, 6) is 0.194. The Balaban J connectivity index is 2.45. The monoisotopic (exact) mass is 356 g/mol. The van der Waals surface area contributed by atoms with Gasteiger partial charge in [-0.1, -0.05) is 81.8 Å². The number of halogens is 6. The maximum atomic E-state index is 6.00. The molecule has 2 bridgehead atoms. The molecule has 0 aromatic carbocycles. The molecule has 17 heavy (non-hydrogen) atoms. The van der Waals surface area contributed by atoms with Crippen LogP contribution >= 0.6 is 69.6 Å². The first-order chi connectivity index (χ1) is 7.49. The van der Waals surface area contributed by atoms with Crippen LogP contribution in [0.1, 0.15) is 19.8 Å². The van der Waals surface area contributed by atoms with Crippen molar-refractivity contribution in [2.45, 2.75) is 38.6 Å². The highest BCUT2D eigenvalue weighted by Crippen LogP contribution is 2.62. The molecule has 1 saturated heterocycles. The molecule has 7 heteroatoms. The zero-order valence-electron chi connectivity index (χ0n) is 8.82. The average molecular weight is 359 g/mol. The Labute approximate surface area is 130 Å². The molecule has 1 heterocycles. The van der Waals surface area contributed by atoms with E-state index in [0.717, 1.165) is 6.42 Å². The van der Waals surface area contributed by atoms with Gasteiger partial charge in [0.05, 0.1) is 5.60 Å². The number of hydrogen-bond acceptors (Lipinski definition) is 1. The molecule has 1 aliphatic carbocycles. The van der Waals surface area contributed by atoms with Gasteiger partial charge in [-0.25, -0.2) is 0 Å². The Morgan fingerprint density at radius 3 is 2.00 bits per heavy atom. The molecular formula is C10H10Cl6O. The van der Waals surface area contributed by atoms with Crippen LogP contribution in [0.3, 0.4) is 0 Å². The fourth-order valence-electron chi connectivity index (χ4n) is 2.53. The van der Waals surface area contributed by atoms with Gasteiger partial charge in [0.25, 0.3) is 0 Å². The Hall–Kier alpha value is 1.44. The number of rotatable bonds is 0. The van der Waals surface area contributed by atoms with Crippen molar-refractivity contribution >= 4 is 69.6 Å². The zero-order chi connectivity index (χ0) is 13.1. The van der Waals surface area contributed by atoms with Crippen LogP contribution in [0.25, 0.3) is 0 Å². The second kappa shape index (κ2) is 4.22. The molecule has 1 nitrogen and oxygen atoms in total. The Kier molecular flexibility index (Phi) is 3.68.